The molecule has 16 heavy (non-hydrogen) atoms. The smallest absolute Gasteiger partial charge is 0.269 e. The fourth-order valence-corrected chi connectivity index (χ4v) is 1.32. The number of nitrogens with zero attached hydrogens (tertiary/aromatic N) is 1. The number of hydroxylamine groups is 1. The summed E-state index contributed by atoms with van der Waals surface area (Å²) in [5, 5.41) is 10.8. The third kappa shape index (κ3) is 3.18. The third-order valence-corrected chi connectivity index (χ3v) is 2.18. The molecule has 1 N–H and O–H groups in total. The Balaban J connectivity index is 2.90. The molecule has 6 nitrogen and oxygen atoms in total. The van der Waals surface area contributed by atoms with Crippen molar-refractivity contribution in [1.82, 2.24) is 5.48 Å². The summed E-state index contributed by atoms with van der Waals surface area (Å²) in [5.41, 5.74) is 2.38. The monoisotopic (exact) mass is 244 g/mol. The predicted molar refractivity (Wildman–Crippen MR) is 57.0 cm³/mol. The van der Waals surface area contributed by atoms with E-state index in [1.165, 1.54) is 25.3 Å². The van der Waals surface area contributed by atoms with Gasteiger partial charge in [-0.2, -0.15) is 0 Å². The average molecular weight is 245 g/mol. The number of benzene rings is 1. The summed E-state index contributed by atoms with van der Waals surface area (Å²) in [7, 11) is 1.30. The van der Waals surface area contributed by atoms with Gasteiger partial charge in [0.25, 0.3) is 5.69 Å². The molecule has 0 aliphatic rings. The number of non-ortho nitro benzene ring substituents is 1. The highest BCUT2D eigenvalue weighted by Gasteiger charge is 2.12. The normalized spacial score (nSPS) is 9.88. The Hall–Kier alpha value is -1.66. The molecule has 0 atom stereocenters. The van der Waals surface area contributed by atoms with Crippen molar-refractivity contribution in [2.75, 3.05) is 7.11 Å². The van der Waals surface area contributed by atoms with Crippen molar-refractivity contribution >= 4 is 23.2 Å². The molecular formula is C9H9ClN2O4. The van der Waals surface area contributed by atoms with Crippen LogP contribution in [0.15, 0.2) is 18.2 Å². The first-order valence-corrected chi connectivity index (χ1v) is 4.67. The van der Waals surface area contributed by atoms with Gasteiger partial charge < -0.3 is 0 Å². The minimum Gasteiger partial charge on any atom is -0.277 e. The van der Waals surface area contributed by atoms with Crippen molar-refractivity contribution in [1.29, 1.82) is 0 Å². The van der Waals surface area contributed by atoms with Gasteiger partial charge in [-0.15, -0.1) is 0 Å². The highest BCUT2D eigenvalue weighted by atomic mass is 35.5. The highest BCUT2D eigenvalue weighted by molar-refractivity contribution is 6.31. The lowest BCUT2D eigenvalue weighted by molar-refractivity contribution is -0.384. The lowest BCUT2D eigenvalue weighted by atomic mass is 10.1. The van der Waals surface area contributed by atoms with Crippen LogP contribution >= 0.6 is 11.6 Å². The lowest BCUT2D eigenvalue weighted by Crippen LogP contribution is -2.23. The van der Waals surface area contributed by atoms with Crippen LogP contribution in [0.2, 0.25) is 5.02 Å². The van der Waals surface area contributed by atoms with Gasteiger partial charge >= 0.3 is 0 Å². The van der Waals surface area contributed by atoms with Crippen LogP contribution in [-0.4, -0.2) is 17.9 Å². The molecule has 1 amide bonds. The van der Waals surface area contributed by atoms with Crippen LogP contribution in [0.1, 0.15) is 5.56 Å². The van der Waals surface area contributed by atoms with E-state index < -0.39 is 10.8 Å². The first-order chi connectivity index (χ1) is 7.54. The van der Waals surface area contributed by atoms with Crippen LogP contribution in [0.3, 0.4) is 0 Å². The number of hydrogen-bond donors (Lipinski definition) is 1. The first kappa shape index (κ1) is 12.4. The zero-order valence-electron chi connectivity index (χ0n) is 8.40. The summed E-state index contributed by atoms with van der Waals surface area (Å²) in [6.07, 6.45) is -0.0750. The van der Waals surface area contributed by atoms with Crippen LogP contribution in [0.25, 0.3) is 0 Å². The maximum atomic E-state index is 11.2. The van der Waals surface area contributed by atoms with Crippen molar-refractivity contribution in [2.24, 2.45) is 0 Å². The highest BCUT2D eigenvalue weighted by Crippen LogP contribution is 2.22. The second kappa shape index (κ2) is 5.43. The van der Waals surface area contributed by atoms with Gasteiger partial charge in [0.2, 0.25) is 5.91 Å². The van der Waals surface area contributed by atoms with Crippen molar-refractivity contribution in [3.8, 4) is 0 Å². The minimum atomic E-state index is -0.548. The van der Waals surface area contributed by atoms with Crippen molar-refractivity contribution in [3.63, 3.8) is 0 Å². The number of halogens is 1. The summed E-state index contributed by atoms with van der Waals surface area (Å²) in [4.78, 5) is 25.6. The van der Waals surface area contributed by atoms with Crippen molar-refractivity contribution < 1.29 is 14.6 Å². The molecule has 0 saturated carbocycles. The molecule has 0 aliphatic carbocycles. The van der Waals surface area contributed by atoms with Gasteiger partial charge in [0.05, 0.1) is 18.5 Å². The maximum absolute atomic E-state index is 11.2. The molecule has 0 radical (unpaired) electrons. The van der Waals surface area contributed by atoms with E-state index in [9.17, 15) is 14.9 Å². The number of carbonyl (C=O) groups excluding carboxylic acids is 1. The van der Waals surface area contributed by atoms with Gasteiger partial charge in [0, 0.05) is 17.2 Å². The van der Waals surface area contributed by atoms with Gasteiger partial charge in [0.1, 0.15) is 0 Å². The molecule has 0 saturated heterocycles. The Morgan fingerprint density at radius 1 is 1.62 bits per heavy atom. The van der Waals surface area contributed by atoms with Gasteiger partial charge in [-0.1, -0.05) is 11.6 Å². The Morgan fingerprint density at radius 2 is 2.31 bits per heavy atom. The molecule has 0 aliphatic heterocycles. The summed E-state index contributed by atoms with van der Waals surface area (Å²) in [6, 6.07) is 3.92. The zero-order valence-corrected chi connectivity index (χ0v) is 9.15. The lowest BCUT2D eigenvalue weighted by Gasteiger charge is -2.04. The Morgan fingerprint density at radius 3 is 2.88 bits per heavy atom. The fraction of sp³-hybridized carbons (Fsp3) is 0.222. The summed E-state index contributed by atoms with van der Waals surface area (Å²) >= 11 is 5.80. The number of rotatable bonds is 4. The van der Waals surface area contributed by atoms with Crippen LogP contribution < -0.4 is 5.48 Å². The standard InChI is InChI=1S/C9H9ClN2O4/c1-16-11-9(13)5-6-4-7(12(14)15)2-3-8(6)10/h2-4H,5H2,1H3,(H,11,13). The molecule has 1 aromatic carbocycles. The summed E-state index contributed by atoms with van der Waals surface area (Å²) < 4.78 is 0. The maximum Gasteiger partial charge on any atom is 0.269 e. The van der Waals surface area contributed by atoms with E-state index in [1.54, 1.807) is 0 Å². The molecule has 0 heterocycles. The van der Waals surface area contributed by atoms with Gasteiger partial charge in [0.15, 0.2) is 0 Å². The molecule has 86 valence electrons. The quantitative estimate of drug-likeness (QED) is 0.642. The number of hydrogen-bond acceptors (Lipinski definition) is 4. The fourth-order valence-electron chi connectivity index (χ4n) is 1.13. The topological polar surface area (TPSA) is 81.5 Å². The summed E-state index contributed by atoms with van der Waals surface area (Å²) in [5.74, 6) is -0.426. The number of nitro benzene ring substituents is 1. The molecule has 0 unspecified atom stereocenters. The number of nitro groups is 1. The second-order valence-corrected chi connectivity index (χ2v) is 3.35. The van der Waals surface area contributed by atoms with Gasteiger partial charge in [-0.05, 0) is 11.6 Å². The zero-order chi connectivity index (χ0) is 12.1. The Bertz CT molecular complexity index is 422. The third-order valence-electron chi connectivity index (χ3n) is 1.81. The number of carbonyl (C=O) groups is 1. The molecule has 0 spiro atoms. The van der Waals surface area contributed by atoms with Gasteiger partial charge in [-0.3, -0.25) is 19.7 Å². The molecule has 1 aromatic rings. The van der Waals surface area contributed by atoms with E-state index in [-0.39, 0.29) is 12.1 Å². The van der Waals surface area contributed by atoms with E-state index in [2.05, 4.69) is 10.3 Å². The van der Waals surface area contributed by atoms with E-state index in [4.69, 9.17) is 11.6 Å². The molecular weight excluding hydrogens is 236 g/mol. The van der Waals surface area contributed by atoms with Crippen LogP contribution in [0, 0.1) is 10.1 Å². The molecule has 7 heteroatoms. The Kier molecular flexibility index (Phi) is 4.21. The van der Waals surface area contributed by atoms with Crippen LogP contribution in [0.5, 0.6) is 0 Å². The second-order valence-electron chi connectivity index (χ2n) is 2.94. The van der Waals surface area contributed by atoms with E-state index in [0.717, 1.165) is 0 Å². The van der Waals surface area contributed by atoms with Gasteiger partial charge in [-0.25, -0.2) is 5.48 Å². The number of nitrogens with one attached hydrogen (secondary N) is 1. The first-order valence-electron chi connectivity index (χ1n) is 4.29. The van der Waals surface area contributed by atoms with Crippen molar-refractivity contribution in [2.45, 2.75) is 6.42 Å². The number of amides is 1. The average Bonchev–Trinajstić information content (AvgIpc) is 2.21. The minimum absolute atomic E-state index is 0.0750. The van der Waals surface area contributed by atoms with Crippen LogP contribution in [-0.2, 0) is 16.1 Å². The molecule has 1 rings (SSSR count). The molecule has 0 aromatic heterocycles. The Labute approximate surface area is 96.3 Å². The molecule has 0 bridgehead atoms. The summed E-state index contributed by atoms with van der Waals surface area (Å²) in [6.45, 7) is 0. The molecule has 0 fully saturated rings. The van der Waals surface area contributed by atoms with E-state index in [1.807, 2.05) is 0 Å². The van der Waals surface area contributed by atoms with Crippen molar-refractivity contribution in [3.05, 3.63) is 38.9 Å². The van der Waals surface area contributed by atoms with E-state index >= 15 is 0 Å². The predicted octanol–water partition coefficient (Wildman–Crippen LogP) is 1.47. The van der Waals surface area contributed by atoms with Crippen LogP contribution in [0.4, 0.5) is 5.69 Å². The largest absolute Gasteiger partial charge is 0.277 e. The SMILES string of the molecule is CONC(=O)Cc1cc([N+](=O)[O-])ccc1Cl. The van der Waals surface area contributed by atoms with E-state index in [0.29, 0.717) is 10.6 Å².